The van der Waals surface area contributed by atoms with Crippen LogP contribution in [0.4, 0.5) is 0 Å². The summed E-state index contributed by atoms with van der Waals surface area (Å²) in [5.41, 5.74) is 5.39. The number of hydrogen-bond donors (Lipinski definition) is 1. The van der Waals surface area contributed by atoms with E-state index in [4.69, 9.17) is 15.0 Å². The molecule has 1 rings (SSSR count). The highest BCUT2D eigenvalue weighted by Gasteiger charge is 2.27. The van der Waals surface area contributed by atoms with Crippen molar-refractivity contribution in [3.8, 4) is 0 Å². The van der Waals surface area contributed by atoms with Crippen molar-refractivity contribution in [2.75, 3.05) is 19.1 Å². The lowest BCUT2D eigenvalue weighted by Crippen LogP contribution is -2.21. The van der Waals surface area contributed by atoms with Gasteiger partial charge in [0.05, 0.1) is 6.04 Å². The third kappa shape index (κ3) is 3.20. The molecule has 0 bridgehead atoms. The van der Waals surface area contributed by atoms with Crippen LogP contribution in [0.3, 0.4) is 0 Å². The lowest BCUT2D eigenvalue weighted by atomic mass is 10.1. The first-order valence-corrected chi connectivity index (χ1v) is 6.54. The fourth-order valence-electron chi connectivity index (χ4n) is 1.09. The molecule has 0 aromatic carbocycles. The molecule has 5 nitrogen and oxygen atoms in total. The molecule has 1 heterocycles. The van der Waals surface area contributed by atoms with Crippen LogP contribution in [0, 0.1) is 0 Å². The van der Waals surface area contributed by atoms with Crippen LogP contribution in [0.25, 0.3) is 0 Å². The standard InChI is InChI=1S/C10H19N3O2S/c1-10(2,14-3)9-12-8(15-13-9)7(11)5-6-16-4/h7H,5-6,11H2,1-4H3. The number of methoxy groups -OCH3 is 1. The normalized spacial score (nSPS) is 14.1. The molecule has 0 saturated heterocycles. The minimum absolute atomic E-state index is 0.193. The topological polar surface area (TPSA) is 74.2 Å². The first-order valence-electron chi connectivity index (χ1n) is 5.15. The second-order valence-electron chi connectivity index (χ2n) is 4.06. The summed E-state index contributed by atoms with van der Waals surface area (Å²) >= 11 is 1.75. The number of thioether (sulfide) groups is 1. The number of hydrogen-bond acceptors (Lipinski definition) is 6. The van der Waals surface area contributed by atoms with E-state index in [9.17, 15) is 0 Å². The molecule has 1 aromatic rings. The minimum Gasteiger partial charge on any atom is -0.371 e. The first kappa shape index (κ1) is 13.5. The van der Waals surface area contributed by atoms with Crippen molar-refractivity contribution in [1.82, 2.24) is 10.1 Å². The average molecular weight is 245 g/mol. The fraction of sp³-hybridized carbons (Fsp3) is 0.800. The van der Waals surface area contributed by atoms with Crippen molar-refractivity contribution in [2.45, 2.75) is 31.9 Å². The number of rotatable bonds is 6. The van der Waals surface area contributed by atoms with E-state index in [-0.39, 0.29) is 6.04 Å². The zero-order chi connectivity index (χ0) is 12.2. The minimum atomic E-state index is -0.541. The Balaban J connectivity index is 2.71. The molecule has 0 amide bonds. The van der Waals surface area contributed by atoms with E-state index in [0.29, 0.717) is 11.7 Å². The van der Waals surface area contributed by atoms with Gasteiger partial charge in [-0.25, -0.2) is 0 Å². The van der Waals surface area contributed by atoms with E-state index >= 15 is 0 Å². The van der Waals surface area contributed by atoms with E-state index in [0.717, 1.165) is 12.2 Å². The van der Waals surface area contributed by atoms with Crippen LogP contribution < -0.4 is 5.73 Å². The molecule has 16 heavy (non-hydrogen) atoms. The van der Waals surface area contributed by atoms with Crippen LogP contribution in [0.15, 0.2) is 4.52 Å². The summed E-state index contributed by atoms with van der Waals surface area (Å²) in [5, 5.41) is 3.89. The molecule has 0 aliphatic rings. The Bertz CT molecular complexity index is 328. The van der Waals surface area contributed by atoms with Gasteiger partial charge in [-0.3, -0.25) is 0 Å². The van der Waals surface area contributed by atoms with Gasteiger partial charge in [-0.1, -0.05) is 5.16 Å². The summed E-state index contributed by atoms with van der Waals surface area (Å²) in [7, 11) is 1.61. The van der Waals surface area contributed by atoms with Crippen LogP contribution in [0.2, 0.25) is 0 Å². The van der Waals surface area contributed by atoms with E-state index < -0.39 is 5.60 Å². The molecule has 0 fully saturated rings. The number of nitrogens with two attached hydrogens (primary N) is 1. The Morgan fingerprint density at radius 3 is 2.81 bits per heavy atom. The maximum absolute atomic E-state index is 5.93. The third-order valence-corrected chi connectivity index (χ3v) is 3.08. The molecule has 0 aliphatic carbocycles. The van der Waals surface area contributed by atoms with Crippen molar-refractivity contribution in [2.24, 2.45) is 5.73 Å². The Hall–Kier alpha value is -0.590. The number of ether oxygens (including phenoxy) is 1. The maximum Gasteiger partial charge on any atom is 0.243 e. The van der Waals surface area contributed by atoms with Gasteiger partial charge < -0.3 is 15.0 Å². The predicted molar refractivity (Wildman–Crippen MR) is 64.3 cm³/mol. The van der Waals surface area contributed by atoms with Gasteiger partial charge in [0.2, 0.25) is 11.7 Å². The van der Waals surface area contributed by atoms with Gasteiger partial charge in [0.1, 0.15) is 5.60 Å². The van der Waals surface area contributed by atoms with E-state index in [2.05, 4.69) is 10.1 Å². The summed E-state index contributed by atoms with van der Waals surface area (Å²) in [5.74, 6) is 1.99. The van der Waals surface area contributed by atoms with E-state index in [1.807, 2.05) is 20.1 Å². The highest BCUT2D eigenvalue weighted by atomic mass is 32.2. The van der Waals surface area contributed by atoms with E-state index in [1.54, 1.807) is 18.9 Å². The van der Waals surface area contributed by atoms with Gasteiger partial charge in [0.15, 0.2) is 0 Å². The second-order valence-corrected chi connectivity index (χ2v) is 5.04. The molecule has 6 heteroatoms. The van der Waals surface area contributed by atoms with Crippen LogP contribution in [-0.4, -0.2) is 29.3 Å². The third-order valence-electron chi connectivity index (χ3n) is 2.44. The van der Waals surface area contributed by atoms with Crippen molar-refractivity contribution >= 4 is 11.8 Å². The zero-order valence-corrected chi connectivity index (χ0v) is 11.0. The molecule has 0 aliphatic heterocycles. The number of nitrogens with zero attached hydrogens (tertiary/aromatic N) is 2. The lowest BCUT2D eigenvalue weighted by Gasteiger charge is -2.17. The SMILES string of the molecule is COC(C)(C)c1noc(C(N)CCSC)n1. The van der Waals surface area contributed by atoms with Crippen LogP contribution in [0.5, 0.6) is 0 Å². The van der Waals surface area contributed by atoms with Crippen molar-refractivity contribution < 1.29 is 9.26 Å². The van der Waals surface area contributed by atoms with Gasteiger partial charge in [-0.05, 0) is 32.3 Å². The predicted octanol–water partition coefficient (Wildman–Crippen LogP) is 1.70. The Labute approximate surface area is 100 Å². The molecular weight excluding hydrogens is 226 g/mol. The van der Waals surface area contributed by atoms with Crippen LogP contribution in [-0.2, 0) is 10.3 Å². The zero-order valence-electron chi connectivity index (χ0n) is 10.2. The molecule has 1 atom stereocenters. The molecule has 0 radical (unpaired) electrons. The lowest BCUT2D eigenvalue weighted by molar-refractivity contribution is 0.00973. The quantitative estimate of drug-likeness (QED) is 0.822. The fourth-order valence-corrected chi connectivity index (χ4v) is 1.58. The van der Waals surface area contributed by atoms with E-state index in [1.165, 1.54) is 0 Å². The second kappa shape index (κ2) is 5.65. The van der Waals surface area contributed by atoms with Crippen molar-refractivity contribution in [3.05, 3.63) is 11.7 Å². The summed E-state index contributed by atoms with van der Waals surface area (Å²) in [6.45, 7) is 3.77. The molecule has 0 saturated carbocycles. The molecule has 2 N–H and O–H groups in total. The van der Waals surface area contributed by atoms with Crippen molar-refractivity contribution in [1.29, 1.82) is 0 Å². The highest BCUT2D eigenvalue weighted by Crippen LogP contribution is 2.22. The summed E-state index contributed by atoms with van der Waals surface area (Å²) in [4.78, 5) is 4.27. The highest BCUT2D eigenvalue weighted by molar-refractivity contribution is 7.98. The maximum atomic E-state index is 5.93. The van der Waals surface area contributed by atoms with Crippen LogP contribution in [0.1, 0.15) is 38.0 Å². The van der Waals surface area contributed by atoms with Crippen LogP contribution >= 0.6 is 11.8 Å². The summed E-state index contributed by atoms with van der Waals surface area (Å²) < 4.78 is 10.4. The molecular formula is C10H19N3O2S. The Morgan fingerprint density at radius 1 is 1.56 bits per heavy atom. The van der Waals surface area contributed by atoms with Gasteiger partial charge in [0, 0.05) is 7.11 Å². The van der Waals surface area contributed by atoms with Gasteiger partial charge in [0.25, 0.3) is 0 Å². The Kier molecular flexibility index (Phi) is 4.76. The average Bonchev–Trinajstić information content (AvgIpc) is 2.75. The monoisotopic (exact) mass is 245 g/mol. The number of aromatic nitrogens is 2. The first-order chi connectivity index (χ1) is 7.51. The summed E-state index contributed by atoms with van der Waals surface area (Å²) in [6.07, 6.45) is 2.87. The largest absolute Gasteiger partial charge is 0.371 e. The Morgan fingerprint density at radius 2 is 2.25 bits per heavy atom. The molecule has 92 valence electrons. The molecule has 1 aromatic heterocycles. The van der Waals surface area contributed by atoms with Gasteiger partial charge in [-0.15, -0.1) is 0 Å². The summed E-state index contributed by atoms with van der Waals surface area (Å²) in [6, 6.07) is -0.193. The molecule has 1 unspecified atom stereocenters. The molecule has 0 spiro atoms. The van der Waals surface area contributed by atoms with Crippen molar-refractivity contribution in [3.63, 3.8) is 0 Å². The van der Waals surface area contributed by atoms with Gasteiger partial charge in [-0.2, -0.15) is 16.7 Å². The smallest absolute Gasteiger partial charge is 0.243 e. The van der Waals surface area contributed by atoms with Gasteiger partial charge >= 0.3 is 0 Å².